The van der Waals surface area contributed by atoms with Crippen LogP contribution in [0.25, 0.3) is 0 Å². The lowest BCUT2D eigenvalue weighted by Gasteiger charge is -2.60. The van der Waals surface area contributed by atoms with Crippen molar-refractivity contribution >= 4 is 23.4 Å². The number of hydrogen-bond acceptors (Lipinski definition) is 7. The number of imidazole rings is 1. The second-order valence-corrected chi connectivity index (χ2v) is 13.9. The van der Waals surface area contributed by atoms with Crippen LogP contribution < -0.4 is 11.1 Å². The van der Waals surface area contributed by atoms with Crippen LogP contribution in [0.4, 0.5) is 0 Å². The SMILES string of the molecule is CCC(=O)[C@@]1(C)[C@H](C)C[C@H]2[C@@H]3CCC4=CC(=O)C=C[C@]4(C)[C@H]3[C@@H](OC(=O)C(Cc3cnc[nH]3)NC(=O)C(C)N)C[C@@]21C. The van der Waals surface area contributed by atoms with Crippen LogP contribution in [-0.2, 0) is 30.3 Å². The molecule has 0 spiro atoms. The van der Waals surface area contributed by atoms with E-state index in [1.54, 1.807) is 25.3 Å². The highest BCUT2D eigenvalue weighted by Gasteiger charge is 2.69. The maximum absolute atomic E-state index is 14.0. The van der Waals surface area contributed by atoms with Gasteiger partial charge in [-0.05, 0) is 67.9 Å². The molecule has 42 heavy (non-hydrogen) atoms. The van der Waals surface area contributed by atoms with E-state index in [0.29, 0.717) is 18.5 Å². The highest BCUT2D eigenvalue weighted by atomic mass is 16.5. The molecule has 3 saturated carbocycles. The lowest BCUT2D eigenvalue weighted by atomic mass is 9.44. The van der Waals surface area contributed by atoms with E-state index < -0.39 is 40.9 Å². The van der Waals surface area contributed by atoms with Crippen molar-refractivity contribution in [3.8, 4) is 0 Å². The number of nitrogens with two attached hydrogens (primary N) is 1. The van der Waals surface area contributed by atoms with Gasteiger partial charge in [-0.25, -0.2) is 9.78 Å². The van der Waals surface area contributed by atoms with Gasteiger partial charge in [-0.15, -0.1) is 0 Å². The molecule has 1 aromatic rings. The van der Waals surface area contributed by atoms with E-state index >= 15 is 0 Å². The molecule has 0 radical (unpaired) electrons. The molecule has 9 nitrogen and oxygen atoms in total. The quantitative estimate of drug-likeness (QED) is 0.398. The van der Waals surface area contributed by atoms with Crippen molar-refractivity contribution in [2.45, 2.75) is 98.3 Å². The average Bonchev–Trinajstić information content (AvgIpc) is 3.53. The van der Waals surface area contributed by atoms with Gasteiger partial charge < -0.3 is 20.8 Å². The number of nitrogens with one attached hydrogen (secondary N) is 2. The Labute approximate surface area is 248 Å². The Morgan fingerprint density at radius 3 is 2.64 bits per heavy atom. The average molecular weight is 579 g/mol. The third kappa shape index (κ3) is 4.68. The van der Waals surface area contributed by atoms with E-state index in [4.69, 9.17) is 10.5 Å². The number of aromatic nitrogens is 2. The Morgan fingerprint density at radius 1 is 1.26 bits per heavy atom. The largest absolute Gasteiger partial charge is 0.460 e. The first-order valence-corrected chi connectivity index (χ1v) is 15.5. The molecule has 9 heteroatoms. The van der Waals surface area contributed by atoms with Crippen molar-refractivity contribution in [2.24, 2.45) is 45.7 Å². The Kier molecular flexibility index (Phi) is 7.88. The molecule has 4 N–H and O–H groups in total. The summed E-state index contributed by atoms with van der Waals surface area (Å²) in [5.74, 6) is -0.0987. The van der Waals surface area contributed by atoms with Gasteiger partial charge in [0.2, 0.25) is 5.91 Å². The minimum atomic E-state index is -0.964. The lowest BCUT2D eigenvalue weighted by molar-refractivity contribution is -0.182. The zero-order valence-electron chi connectivity index (χ0n) is 25.7. The smallest absolute Gasteiger partial charge is 0.329 e. The normalized spacial score (nSPS) is 38.4. The molecular formula is C33H46N4O5. The molecule has 5 rings (SSSR count). The summed E-state index contributed by atoms with van der Waals surface area (Å²) in [6, 6.07) is -1.76. The van der Waals surface area contributed by atoms with Gasteiger partial charge in [0.1, 0.15) is 17.9 Å². The second-order valence-electron chi connectivity index (χ2n) is 13.9. The number of hydrogen-bond donors (Lipinski definition) is 3. The predicted octanol–water partition coefficient (Wildman–Crippen LogP) is 3.85. The summed E-state index contributed by atoms with van der Waals surface area (Å²) in [7, 11) is 0. The molecule has 10 atom stereocenters. The Morgan fingerprint density at radius 2 is 2.00 bits per heavy atom. The molecule has 228 valence electrons. The van der Waals surface area contributed by atoms with Crippen molar-refractivity contribution in [3.05, 3.63) is 42.0 Å². The first-order chi connectivity index (χ1) is 19.8. The van der Waals surface area contributed by atoms with Crippen molar-refractivity contribution in [1.82, 2.24) is 15.3 Å². The van der Waals surface area contributed by atoms with Gasteiger partial charge in [-0.3, -0.25) is 14.4 Å². The molecule has 1 heterocycles. The van der Waals surface area contributed by atoms with Crippen molar-refractivity contribution < 1.29 is 23.9 Å². The molecule has 0 bridgehead atoms. The lowest BCUT2D eigenvalue weighted by Crippen LogP contribution is -2.60. The maximum atomic E-state index is 14.0. The van der Waals surface area contributed by atoms with Crippen molar-refractivity contribution in [3.63, 3.8) is 0 Å². The van der Waals surface area contributed by atoms with E-state index in [2.05, 4.69) is 43.0 Å². The highest BCUT2D eigenvalue weighted by Crippen LogP contribution is 2.71. The van der Waals surface area contributed by atoms with Gasteiger partial charge in [-0.1, -0.05) is 46.3 Å². The van der Waals surface area contributed by atoms with Gasteiger partial charge in [0.15, 0.2) is 5.78 Å². The number of carbonyl (C=O) groups is 4. The number of nitrogens with zero attached hydrogens (tertiary/aromatic N) is 1. The summed E-state index contributed by atoms with van der Waals surface area (Å²) in [5, 5.41) is 2.78. The number of ketones is 2. The van der Waals surface area contributed by atoms with Gasteiger partial charge in [0, 0.05) is 41.5 Å². The maximum Gasteiger partial charge on any atom is 0.329 e. The number of ether oxygens (including phenoxy) is 1. The molecule has 1 amide bonds. The summed E-state index contributed by atoms with van der Waals surface area (Å²) in [6.07, 6.45) is 11.9. The van der Waals surface area contributed by atoms with E-state index in [1.807, 2.05) is 13.0 Å². The summed E-state index contributed by atoms with van der Waals surface area (Å²) < 4.78 is 6.52. The number of rotatable bonds is 8. The standard InChI is InChI=1S/C33H46N4O5/c1-7-27(39)33(6)18(2)12-24-23-9-8-20-13-22(38)10-11-31(20,4)28(23)26(15-32(24,33)5)42-30(41)25(37-29(40)19(3)34)14-21-16-35-17-36-21/h10-11,13,16-19,23-26,28H,7-9,12,14-15,34H2,1-6H3,(H,35,36)(H,37,40)/t18-,19?,23+,24+,25?,26+,28-,31+,32+,33-/m1/s1. The minimum Gasteiger partial charge on any atom is -0.460 e. The number of carbonyl (C=O) groups excluding carboxylic acids is 4. The van der Waals surface area contributed by atoms with Crippen LogP contribution in [0.5, 0.6) is 0 Å². The van der Waals surface area contributed by atoms with Crippen LogP contribution in [0.3, 0.4) is 0 Å². The first-order valence-electron chi connectivity index (χ1n) is 15.5. The summed E-state index contributed by atoms with van der Waals surface area (Å²) >= 11 is 0. The van der Waals surface area contributed by atoms with Gasteiger partial charge in [0.05, 0.1) is 12.4 Å². The zero-order valence-corrected chi connectivity index (χ0v) is 25.7. The second kappa shape index (κ2) is 10.9. The number of aromatic amines is 1. The van der Waals surface area contributed by atoms with E-state index in [0.717, 1.165) is 24.8 Å². The van der Waals surface area contributed by atoms with Crippen LogP contribution in [0.1, 0.15) is 79.3 Å². The van der Waals surface area contributed by atoms with Gasteiger partial charge >= 0.3 is 5.97 Å². The number of fused-ring (bicyclic) bond motifs is 5. The minimum absolute atomic E-state index is 0.0102. The molecule has 4 aliphatic rings. The monoisotopic (exact) mass is 578 g/mol. The molecule has 4 aliphatic carbocycles. The third-order valence-corrected chi connectivity index (χ3v) is 11.8. The fourth-order valence-electron chi connectivity index (χ4n) is 9.26. The molecule has 0 aromatic carbocycles. The molecule has 0 aliphatic heterocycles. The molecule has 1 aromatic heterocycles. The molecule has 0 saturated heterocycles. The fourth-order valence-corrected chi connectivity index (χ4v) is 9.26. The highest BCUT2D eigenvalue weighted by molar-refractivity contribution is 6.01. The van der Waals surface area contributed by atoms with Crippen LogP contribution >= 0.6 is 0 Å². The fraction of sp³-hybridized carbons (Fsp3) is 0.667. The van der Waals surface area contributed by atoms with E-state index in [-0.39, 0.29) is 47.1 Å². The molecule has 3 fully saturated rings. The van der Waals surface area contributed by atoms with Crippen molar-refractivity contribution in [2.75, 3.05) is 0 Å². The zero-order chi connectivity index (χ0) is 30.6. The van der Waals surface area contributed by atoms with Crippen LogP contribution in [0.2, 0.25) is 0 Å². The number of H-pyrrole nitrogens is 1. The molecular weight excluding hydrogens is 532 g/mol. The summed E-state index contributed by atoms with van der Waals surface area (Å²) in [6.45, 7) is 12.2. The van der Waals surface area contributed by atoms with E-state index in [9.17, 15) is 19.2 Å². The Hall–Kier alpha value is -3.07. The van der Waals surface area contributed by atoms with Gasteiger partial charge in [-0.2, -0.15) is 0 Å². The Balaban J connectivity index is 1.55. The van der Waals surface area contributed by atoms with Crippen LogP contribution in [0, 0.1) is 39.9 Å². The number of allylic oxidation sites excluding steroid dienone is 4. The number of esters is 1. The Bertz CT molecular complexity index is 1320. The third-order valence-electron chi connectivity index (χ3n) is 11.8. The first kappa shape index (κ1) is 30.4. The molecule has 2 unspecified atom stereocenters. The number of amides is 1. The topological polar surface area (TPSA) is 144 Å². The van der Waals surface area contributed by atoms with E-state index in [1.165, 1.54) is 6.33 Å². The van der Waals surface area contributed by atoms with Crippen LogP contribution in [0.15, 0.2) is 36.3 Å². The summed E-state index contributed by atoms with van der Waals surface area (Å²) in [4.78, 5) is 59.8. The summed E-state index contributed by atoms with van der Waals surface area (Å²) in [5.41, 5.74) is 6.23. The predicted molar refractivity (Wildman–Crippen MR) is 158 cm³/mol. The van der Waals surface area contributed by atoms with Crippen molar-refractivity contribution in [1.29, 1.82) is 0 Å². The number of Topliss-reactive ketones (excluding diaryl/α,β-unsaturated/α-hetero) is 1. The van der Waals surface area contributed by atoms with Gasteiger partial charge in [0.25, 0.3) is 0 Å². The van der Waals surface area contributed by atoms with Crippen LogP contribution in [-0.4, -0.2) is 51.6 Å².